The Kier molecular flexibility index (Phi) is 4.75. The molecule has 2 aromatic rings. The van der Waals surface area contributed by atoms with E-state index in [1.165, 1.54) is 0 Å². The molecule has 0 saturated carbocycles. The molecule has 0 aliphatic carbocycles. The van der Waals surface area contributed by atoms with E-state index >= 15 is 0 Å². The highest BCUT2D eigenvalue weighted by Crippen LogP contribution is 2.21. The minimum absolute atomic E-state index is 0.0354. The zero-order valence-electron chi connectivity index (χ0n) is 9.16. The molecule has 5 heteroatoms. The number of nitrogens with zero attached hydrogens (tertiary/aromatic N) is 1. The van der Waals surface area contributed by atoms with Gasteiger partial charge in [0.05, 0.1) is 5.02 Å². The maximum absolute atomic E-state index is 12.1. The molecule has 0 spiro atoms. The van der Waals surface area contributed by atoms with Crippen molar-refractivity contribution in [3.63, 3.8) is 0 Å². The fourth-order valence-corrected chi connectivity index (χ4v) is 2.44. The molecule has 1 aromatic carbocycles. The standard InChI is InChI=1S/C13H8BrClINO/c14-10-3-8(6-17-7-10)4-13(18)9-1-2-12(16)11(15)5-9/h1-3,5-7H,4H2. The van der Waals surface area contributed by atoms with Crippen molar-refractivity contribution in [2.24, 2.45) is 0 Å². The molecule has 92 valence electrons. The van der Waals surface area contributed by atoms with Gasteiger partial charge in [-0.05, 0) is 62.3 Å². The molecule has 1 heterocycles. The summed E-state index contributed by atoms with van der Waals surface area (Å²) in [4.78, 5) is 16.1. The van der Waals surface area contributed by atoms with E-state index in [2.05, 4.69) is 43.5 Å². The van der Waals surface area contributed by atoms with Crippen LogP contribution in [-0.2, 0) is 6.42 Å². The molecular formula is C13H8BrClINO. The van der Waals surface area contributed by atoms with Crippen LogP contribution < -0.4 is 0 Å². The van der Waals surface area contributed by atoms with Gasteiger partial charge in [-0.2, -0.15) is 0 Å². The number of pyridine rings is 1. The van der Waals surface area contributed by atoms with Crippen molar-refractivity contribution >= 4 is 55.9 Å². The first-order valence-corrected chi connectivity index (χ1v) is 7.39. The molecule has 0 amide bonds. The monoisotopic (exact) mass is 435 g/mol. The highest BCUT2D eigenvalue weighted by Gasteiger charge is 2.09. The molecule has 0 aliphatic heterocycles. The van der Waals surface area contributed by atoms with E-state index in [-0.39, 0.29) is 5.78 Å². The largest absolute Gasteiger partial charge is 0.294 e. The van der Waals surface area contributed by atoms with Gasteiger partial charge < -0.3 is 0 Å². The van der Waals surface area contributed by atoms with Gasteiger partial charge in [-0.3, -0.25) is 9.78 Å². The number of hydrogen-bond acceptors (Lipinski definition) is 2. The summed E-state index contributed by atoms with van der Waals surface area (Å²) < 4.78 is 1.81. The van der Waals surface area contributed by atoms with Gasteiger partial charge in [0.15, 0.2) is 5.78 Å². The molecule has 0 fully saturated rings. The lowest BCUT2D eigenvalue weighted by Gasteiger charge is -2.03. The molecule has 0 N–H and O–H groups in total. The van der Waals surface area contributed by atoms with E-state index in [9.17, 15) is 4.79 Å². The molecule has 2 nitrogen and oxygen atoms in total. The summed E-state index contributed by atoms with van der Waals surface area (Å²) in [5.74, 6) is 0.0354. The van der Waals surface area contributed by atoms with E-state index < -0.39 is 0 Å². The van der Waals surface area contributed by atoms with Crippen molar-refractivity contribution in [3.05, 3.63) is 60.9 Å². The number of aromatic nitrogens is 1. The zero-order chi connectivity index (χ0) is 13.1. The first-order valence-electron chi connectivity index (χ1n) is 5.14. The van der Waals surface area contributed by atoms with Gasteiger partial charge in [-0.15, -0.1) is 0 Å². The zero-order valence-corrected chi connectivity index (χ0v) is 13.7. The van der Waals surface area contributed by atoms with Crippen LogP contribution in [0.4, 0.5) is 0 Å². The Hall–Kier alpha value is -0.460. The molecule has 0 unspecified atom stereocenters. The number of carbonyl (C=O) groups is 1. The lowest BCUT2D eigenvalue weighted by Crippen LogP contribution is -2.04. The van der Waals surface area contributed by atoms with Gasteiger partial charge in [-0.1, -0.05) is 17.7 Å². The van der Waals surface area contributed by atoms with E-state index in [4.69, 9.17) is 11.6 Å². The number of hydrogen-bond donors (Lipinski definition) is 0. The first-order chi connectivity index (χ1) is 8.56. The predicted molar refractivity (Wildman–Crippen MR) is 84.1 cm³/mol. The molecule has 0 radical (unpaired) electrons. The number of Topliss-reactive ketones (excluding diaryl/α,β-unsaturated/α-hetero) is 1. The minimum Gasteiger partial charge on any atom is -0.294 e. The Morgan fingerprint density at radius 3 is 2.78 bits per heavy atom. The van der Waals surface area contributed by atoms with Gasteiger partial charge in [-0.25, -0.2) is 0 Å². The summed E-state index contributed by atoms with van der Waals surface area (Å²) in [6.45, 7) is 0. The topological polar surface area (TPSA) is 30.0 Å². The second-order valence-corrected chi connectivity index (χ2v) is 6.23. The third-order valence-corrected chi connectivity index (χ3v) is 4.37. The average Bonchev–Trinajstić information content (AvgIpc) is 2.32. The van der Waals surface area contributed by atoms with Gasteiger partial charge in [0.2, 0.25) is 0 Å². The first kappa shape index (κ1) is 14.0. The molecule has 0 aliphatic rings. The van der Waals surface area contributed by atoms with Crippen molar-refractivity contribution in [2.45, 2.75) is 6.42 Å². The fraction of sp³-hybridized carbons (Fsp3) is 0.0769. The number of halogens is 3. The van der Waals surface area contributed by atoms with E-state index in [0.29, 0.717) is 17.0 Å². The number of carbonyl (C=O) groups excluding carboxylic acids is 1. The van der Waals surface area contributed by atoms with Crippen LogP contribution in [0.2, 0.25) is 5.02 Å². The Morgan fingerprint density at radius 2 is 2.11 bits per heavy atom. The van der Waals surface area contributed by atoms with Crippen molar-refractivity contribution < 1.29 is 4.79 Å². The minimum atomic E-state index is 0.0354. The molecule has 0 bridgehead atoms. The summed E-state index contributed by atoms with van der Waals surface area (Å²) in [5.41, 5.74) is 1.50. The van der Waals surface area contributed by atoms with Crippen LogP contribution in [0.3, 0.4) is 0 Å². The third kappa shape index (κ3) is 3.52. The highest BCUT2D eigenvalue weighted by molar-refractivity contribution is 14.1. The lowest BCUT2D eigenvalue weighted by atomic mass is 10.0. The van der Waals surface area contributed by atoms with E-state index in [1.54, 1.807) is 24.5 Å². The van der Waals surface area contributed by atoms with Crippen LogP contribution in [-0.4, -0.2) is 10.8 Å². The van der Waals surface area contributed by atoms with Crippen molar-refractivity contribution in [3.8, 4) is 0 Å². The molecule has 2 rings (SSSR count). The third-order valence-electron chi connectivity index (χ3n) is 2.37. The van der Waals surface area contributed by atoms with Crippen molar-refractivity contribution in [2.75, 3.05) is 0 Å². The second kappa shape index (κ2) is 6.12. The summed E-state index contributed by atoms with van der Waals surface area (Å²) in [6, 6.07) is 7.23. The van der Waals surface area contributed by atoms with Crippen molar-refractivity contribution in [1.29, 1.82) is 0 Å². The van der Waals surface area contributed by atoms with Crippen LogP contribution in [0.1, 0.15) is 15.9 Å². The molecular weight excluding hydrogens is 428 g/mol. The maximum Gasteiger partial charge on any atom is 0.167 e. The van der Waals surface area contributed by atoms with E-state index in [0.717, 1.165) is 13.6 Å². The number of ketones is 1. The predicted octanol–water partition coefficient (Wildman–Crippen LogP) is 4.53. The lowest BCUT2D eigenvalue weighted by molar-refractivity contribution is 0.0993. The average molecular weight is 436 g/mol. The van der Waals surface area contributed by atoms with Crippen LogP contribution in [0.25, 0.3) is 0 Å². The fourth-order valence-electron chi connectivity index (χ4n) is 1.51. The quantitative estimate of drug-likeness (QED) is 0.523. The Labute approximate surface area is 132 Å². The Balaban J connectivity index is 2.19. The molecule has 18 heavy (non-hydrogen) atoms. The summed E-state index contributed by atoms with van der Waals surface area (Å²) in [5, 5.41) is 0.605. The normalized spacial score (nSPS) is 10.4. The van der Waals surface area contributed by atoms with Crippen LogP contribution in [0.5, 0.6) is 0 Å². The molecule has 0 saturated heterocycles. The summed E-state index contributed by atoms with van der Waals surface area (Å²) >= 11 is 11.5. The Bertz CT molecular complexity index is 603. The van der Waals surface area contributed by atoms with Gasteiger partial charge >= 0.3 is 0 Å². The highest BCUT2D eigenvalue weighted by atomic mass is 127. The second-order valence-electron chi connectivity index (χ2n) is 3.74. The van der Waals surface area contributed by atoms with Crippen LogP contribution >= 0.6 is 50.1 Å². The van der Waals surface area contributed by atoms with E-state index in [1.807, 2.05) is 12.1 Å². The summed E-state index contributed by atoms with van der Waals surface area (Å²) in [7, 11) is 0. The maximum atomic E-state index is 12.1. The van der Waals surface area contributed by atoms with Crippen molar-refractivity contribution in [1.82, 2.24) is 4.98 Å². The number of rotatable bonds is 3. The SMILES string of the molecule is O=C(Cc1cncc(Br)c1)c1ccc(I)c(Cl)c1. The summed E-state index contributed by atoms with van der Waals surface area (Å²) in [6.07, 6.45) is 3.70. The molecule has 0 atom stereocenters. The van der Waals surface area contributed by atoms with Gasteiger partial charge in [0.25, 0.3) is 0 Å². The smallest absolute Gasteiger partial charge is 0.167 e. The van der Waals surface area contributed by atoms with Gasteiger partial charge in [0, 0.05) is 32.4 Å². The molecule has 1 aromatic heterocycles. The van der Waals surface area contributed by atoms with Crippen LogP contribution in [0.15, 0.2) is 41.1 Å². The van der Waals surface area contributed by atoms with Crippen LogP contribution in [0, 0.1) is 3.57 Å². The number of benzene rings is 1. The Morgan fingerprint density at radius 1 is 1.33 bits per heavy atom. The van der Waals surface area contributed by atoms with Gasteiger partial charge in [0.1, 0.15) is 0 Å².